The molecule has 0 aliphatic carbocycles. The summed E-state index contributed by atoms with van der Waals surface area (Å²) in [6, 6.07) is 5.88. The minimum Gasteiger partial charge on any atom is -0.492 e. The molecule has 1 amide bonds. The quantitative estimate of drug-likeness (QED) is 0.545. The highest BCUT2D eigenvalue weighted by molar-refractivity contribution is 7.22. The molecule has 2 aromatic heterocycles. The van der Waals surface area contributed by atoms with Gasteiger partial charge >= 0.3 is 0 Å². The molecular weight excluding hydrogens is 416 g/mol. The molecule has 9 heteroatoms. The molecule has 0 atom stereocenters. The number of para-hydroxylation sites is 1. The van der Waals surface area contributed by atoms with E-state index in [4.69, 9.17) is 9.72 Å². The number of amides is 1. The minimum atomic E-state index is -0.0445. The molecule has 0 spiro atoms. The third-order valence-electron chi connectivity index (χ3n) is 4.02. The molecule has 2 heterocycles. The maximum atomic E-state index is 13.3. The van der Waals surface area contributed by atoms with E-state index in [1.165, 1.54) is 22.7 Å². The fourth-order valence-corrected chi connectivity index (χ4v) is 4.61. The molecular formula is C19H25ClN4O2S2. The summed E-state index contributed by atoms with van der Waals surface area (Å²) in [5.41, 5.74) is 1.58. The highest BCUT2D eigenvalue weighted by atomic mass is 35.5. The lowest BCUT2D eigenvalue weighted by Gasteiger charge is -2.21. The van der Waals surface area contributed by atoms with Gasteiger partial charge in [0.1, 0.15) is 16.1 Å². The van der Waals surface area contributed by atoms with Crippen molar-refractivity contribution in [3.8, 4) is 5.75 Å². The van der Waals surface area contributed by atoms with Crippen molar-refractivity contribution < 1.29 is 9.53 Å². The summed E-state index contributed by atoms with van der Waals surface area (Å²) >= 11 is 2.95. The number of fused-ring (bicyclic) bond motifs is 1. The van der Waals surface area contributed by atoms with Crippen molar-refractivity contribution in [1.29, 1.82) is 0 Å². The highest BCUT2D eigenvalue weighted by Gasteiger charge is 2.25. The predicted molar refractivity (Wildman–Crippen MR) is 120 cm³/mol. The van der Waals surface area contributed by atoms with Crippen LogP contribution in [0.25, 0.3) is 10.2 Å². The number of anilines is 1. The Balaban J connectivity index is 0.00000280. The SMILES string of the molecule is CCOc1cccc2sc(N(CCN(C)C)C(=O)c3sc(C)nc3C)nc12.Cl. The van der Waals surface area contributed by atoms with Crippen LogP contribution in [-0.2, 0) is 0 Å². The van der Waals surface area contributed by atoms with E-state index in [0.717, 1.165) is 33.2 Å². The number of benzene rings is 1. The van der Waals surface area contributed by atoms with E-state index < -0.39 is 0 Å². The maximum Gasteiger partial charge on any atom is 0.272 e. The fraction of sp³-hybridized carbons (Fsp3) is 0.421. The first-order valence-electron chi connectivity index (χ1n) is 8.83. The van der Waals surface area contributed by atoms with Gasteiger partial charge in [0.25, 0.3) is 5.91 Å². The Labute approximate surface area is 179 Å². The van der Waals surface area contributed by atoms with Crippen LogP contribution in [0.5, 0.6) is 5.75 Å². The van der Waals surface area contributed by atoms with Gasteiger partial charge in [0.05, 0.1) is 22.0 Å². The van der Waals surface area contributed by atoms with E-state index in [0.29, 0.717) is 23.2 Å². The van der Waals surface area contributed by atoms with Crippen molar-refractivity contribution in [1.82, 2.24) is 14.9 Å². The Kier molecular flexibility index (Phi) is 7.77. The lowest BCUT2D eigenvalue weighted by Crippen LogP contribution is -2.36. The second kappa shape index (κ2) is 9.65. The van der Waals surface area contributed by atoms with Crippen LogP contribution in [0.15, 0.2) is 18.2 Å². The molecule has 3 aromatic rings. The van der Waals surface area contributed by atoms with E-state index >= 15 is 0 Å². The lowest BCUT2D eigenvalue weighted by atomic mass is 10.3. The molecule has 0 unspecified atom stereocenters. The van der Waals surface area contributed by atoms with Gasteiger partial charge in [-0.25, -0.2) is 9.97 Å². The van der Waals surface area contributed by atoms with Crippen LogP contribution in [-0.4, -0.2) is 54.6 Å². The molecule has 3 rings (SSSR count). The number of carbonyl (C=O) groups is 1. The summed E-state index contributed by atoms with van der Waals surface area (Å²) in [4.78, 5) is 27.0. The van der Waals surface area contributed by atoms with Gasteiger partial charge < -0.3 is 9.64 Å². The van der Waals surface area contributed by atoms with Gasteiger partial charge in [-0.2, -0.15) is 0 Å². The predicted octanol–water partition coefficient (Wildman–Crippen LogP) is 4.40. The van der Waals surface area contributed by atoms with Gasteiger partial charge in [0.2, 0.25) is 0 Å². The monoisotopic (exact) mass is 440 g/mol. The van der Waals surface area contributed by atoms with Crippen LogP contribution in [0.1, 0.15) is 27.3 Å². The molecule has 0 bridgehead atoms. The number of aryl methyl sites for hydroxylation is 2. The number of hydrogen-bond acceptors (Lipinski definition) is 7. The summed E-state index contributed by atoms with van der Waals surface area (Å²) in [6.07, 6.45) is 0. The number of carbonyl (C=O) groups excluding carboxylic acids is 1. The number of likely N-dealkylation sites (N-methyl/N-ethyl adjacent to an activating group) is 1. The Bertz CT molecular complexity index is 955. The molecule has 0 N–H and O–H groups in total. The smallest absolute Gasteiger partial charge is 0.272 e. The first-order valence-corrected chi connectivity index (χ1v) is 10.5. The third kappa shape index (κ3) is 4.81. The zero-order valence-corrected chi connectivity index (χ0v) is 19.1. The van der Waals surface area contributed by atoms with Crippen LogP contribution in [0, 0.1) is 13.8 Å². The first kappa shape index (κ1) is 22.5. The molecule has 0 saturated heterocycles. The van der Waals surface area contributed by atoms with Gasteiger partial charge in [-0.3, -0.25) is 9.69 Å². The highest BCUT2D eigenvalue weighted by Crippen LogP contribution is 2.35. The molecule has 1 aromatic carbocycles. The van der Waals surface area contributed by atoms with E-state index in [-0.39, 0.29) is 18.3 Å². The summed E-state index contributed by atoms with van der Waals surface area (Å²) in [5, 5.41) is 1.58. The van der Waals surface area contributed by atoms with Crippen molar-refractivity contribution in [2.24, 2.45) is 0 Å². The number of rotatable bonds is 7. The second-order valence-electron chi connectivity index (χ2n) is 6.44. The number of thiazole rings is 2. The zero-order chi connectivity index (χ0) is 19.6. The minimum absolute atomic E-state index is 0. The number of nitrogens with zero attached hydrogens (tertiary/aromatic N) is 4. The van der Waals surface area contributed by atoms with E-state index in [1.807, 2.05) is 53.1 Å². The van der Waals surface area contributed by atoms with Gasteiger partial charge in [-0.1, -0.05) is 17.4 Å². The van der Waals surface area contributed by atoms with Crippen molar-refractivity contribution >= 4 is 56.3 Å². The summed E-state index contributed by atoms with van der Waals surface area (Å²) in [7, 11) is 3.99. The first-order chi connectivity index (χ1) is 12.9. The number of aromatic nitrogens is 2. The van der Waals surface area contributed by atoms with Gasteiger partial charge in [-0.05, 0) is 47.0 Å². The Morgan fingerprint density at radius 3 is 2.50 bits per heavy atom. The number of hydrogen-bond donors (Lipinski definition) is 0. The second-order valence-corrected chi connectivity index (χ2v) is 8.65. The molecule has 0 aliphatic rings. The molecule has 6 nitrogen and oxygen atoms in total. The van der Waals surface area contributed by atoms with Gasteiger partial charge in [0.15, 0.2) is 5.13 Å². The standard InChI is InChI=1S/C19H24N4O2S2.ClH/c1-6-25-14-8-7-9-15-16(14)21-19(27-15)23(11-10-22(4)5)18(24)17-12(2)20-13(3)26-17;/h7-9H,6,10-11H2,1-5H3;1H. The van der Waals surface area contributed by atoms with Crippen molar-refractivity contribution in [2.75, 3.05) is 38.7 Å². The van der Waals surface area contributed by atoms with Gasteiger partial charge in [-0.15, -0.1) is 23.7 Å². The zero-order valence-electron chi connectivity index (χ0n) is 16.7. The summed E-state index contributed by atoms with van der Waals surface area (Å²) < 4.78 is 6.71. The van der Waals surface area contributed by atoms with Gasteiger partial charge in [0, 0.05) is 13.1 Å². The molecule has 0 radical (unpaired) electrons. The fourth-order valence-electron chi connectivity index (χ4n) is 2.74. The summed E-state index contributed by atoms with van der Waals surface area (Å²) in [6.45, 7) is 7.64. The molecule has 152 valence electrons. The van der Waals surface area contributed by atoms with E-state index in [2.05, 4.69) is 9.88 Å². The normalized spacial score (nSPS) is 10.9. The summed E-state index contributed by atoms with van der Waals surface area (Å²) in [5.74, 6) is 0.708. The van der Waals surface area contributed by atoms with Crippen LogP contribution >= 0.6 is 35.1 Å². The number of halogens is 1. The van der Waals surface area contributed by atoms with Crippen LogP contribution in [0.3, 0.4) is 0 Å². The average molecular weight is 441 g/mol. The Hall–Kier alpha value is -1.74. The van der Waals surface area contributed by atoms with Crippen molar-refractivity contribution in [3.05, 3.63) is 33.8 Å². The Morgan fingerprint density at radius 1 is 1.14 bits per heavy atom. The third-order valence-corrected chi connectivity index (χ3v) is 6.12. The van der Waals surface area contributed by atoms with E-state index in [9.17, 15) is 4.79 Å². The number of ether oxygens (including phenoxy) is 1. The molecule has 28 heavy (non-hydrogen) atoms. The molecule has 0 saturated carbocycles. The topological polar surface area (TPSA) is 58.6 Å². The van der Waals surface area contributed by atoms with Crippen molar-refractivity contribution in [2.45, 2.75) is 20.8 Å². The van der Waals surface area contributed by atoms with Crippen LogP contribution in [0.2, 0.25) is 0 Å². The maximum absolute atomic E-state index is 13.3. The average Bonchev–Trinajstić information content (AvgIpc) is 3.18. The molecule has 0 fully saturated rings. The van der Waals surface area contributed by atoms with E-state index in [1.54, 1.807) is 4.90 Å². The lowest BCUT2D eigenvalue weighted by molar-refractivity contribution is 0.0988. The molecule has 0 aliphatic heterocycles. The van der Waals surface area contributed by atoms with Crippen LogP contribution < -0.4 is 9.64 Å². The van der Waals surface area contributed by atoms with Crippen LogP contribution in [0.4, 0.5) is 5.13 Å². The Morgan fingerprint density at radius 2 is 1.89 bits per heavy atom. The largest absolute Gasteiger partial charge is 0.492 e. The van der Waals surface area contributed by atoms with Crippen molar-refractivity contribution in [3.63, 3.8) is 0 Å².